The van der Waals surface area contributed by atoms with Crippen LogP contribution in [-0.4, -0.2) is 26.7 Å². The van der Waals surface area contributed by atoms with E-state index in [-0.39, 0.29) is 11.9 Å². The maximum absolute atomic E-state index is 12.0. The van der Waals surface area contributed by atoms with Gasteiger partial charge in [-0.25, -0.2) is 4.98 Å². The summed E-state index contributed by atoms with van der Waals surface area (Å²) < 4.78 is 1.77. The maximum atomic E-state index is 12.0. The van der Waals surface area contributed by atoms with Gasteiger partial charge in [-0.15, -0.1) is 11.3 Å². The van der Waals surface area contributed by atoms with Crippen molar-refractivity contribution in [1.29, 1.82) is 5.26 Å². The molecule has 3 aromatic rings. The molecule has 0 aliphatic rings. The number of hydrogen-bond donors (Lipinski definition) is 1. The first-order valence-corrected chi connectivity index (χ1v) is 9.23. The number of thiazole rings is 1. The van der Waals surface area contributed by atoms with Crippen LogP contribution >= 0.6 is 22.9 Å². The Bertz CT molecular complexity index is 974. The van der Waals surface area contributed by atoms with E-state index in [0.717, 1.165) is 16.8 Å². The van der Waals surface area contributed by atoms with Crippen LogP contribution in [0.3, 0.4) is 0 Å². The quantitative estimate of drug-likeness (QED) is 0.726. The number of rotatable bonds is 5. The molecule has 1 amide bonds. The number of aromatic nitrogens is 3. The van der Waals surface area contributed by atoms with Crippen LogP contribution in [0.5, 0.6) is 0 Å². The molecular weight excluding hydrogens is 370 g/mol. The molecule has 0 radical (unpaired) electrons. The fraction of sp³-hybridized carbons (Fsp3) is 0.222. The summed E-state index contributed by atoms with van der Waals surface area (Å²) in [5.74, 6) is -0.194. The average molecular weight is 386 g/mol. The second-order valence-corrected chi connectivity index (χ2v) is 6.98. The van der Waals surface area contributed by atoms with Gasteiger partial charge in [0.1, 0.15) is 11.8 Å². The number of amides is 1. The zero-order chi connectivity index (χ0) is 18.7. The third-order valence-corrected chi connectivity index (χ3v) is 5.00. The zero-order valence-corrected chi connectivity index (χ0v) is 15.8. The van der Waals surface area contributed by atoms with Crippen LogP contribution in [-0.2, 0) is 6.54 Å². The number of hydrogen-bond acceptors (Lipinski definition) is 5. The van der Waals surface area contributed by atoms with Crippen molar-refractivity contribution in [3.8, 4) is 17.3 Å². The molecule has 0 fully saturated rings. The first kappa shape index (κ1) is 18.1. The summed E-state index contributed by atoms with van der Waals surface area (Å²) in [5, 5.41) is 18.7. The van der Waals surface area contributed by atoms with Crippen LogP contribution in [0.15, 0.2) is 35.3 Å². The standard InChI is InChI=1S/C18H16ClN5OS/c1-11(22-18(25)16-9-26-10-21-16)8-24-6-5-15(23-24)14-4-3-13(7-20)17(19)12(14)2/h3-6,9-11H,8H2,1-2H3,(H,22,25)/t11-/m0/s1. The lowest BCUT2D eigenvalue weighted by atomic mass is 10.0. The summed E-state index contributed by atoms with van der Waals surface area (Å²) in [6.07, 6.45) is 1.85. The predicted molar refractivity (Wildman–Crippen MR) is 101 cm³/mol. The molecule has 0 spiro atoms. The van der Waals surface area contributed by atoms with Gasteiger partial charge >= 0.3 is 0 Å². The molecule has 0 saturated heterocycles. The van der Waals surface area contributed by atoms with Gasteiger partial charge < -0.3 is 5.32 Å². The highest BCUT2D eigenvalue weighted by Crippen LogP contribution is 2.29. The molecule has 8 heteroatoms. The van der Waals surface area contributed by atoms with Crippen molar-refractivity contribution in [1.82, 2.24) is 20.1 Å². The zero-order valence-electron chi connectivity index (χ0n) is 14.2. The Morgan fingerprint density at radius 3 is 2.96 bits per heavy atom. The van der Waals surface area contributed by atoms with Gasteiger partial charge in [0.2, 0.25) is 0 Å². The molecule has 0 bridgehead atoms. The second kappa shape index (κ2) is 7.68. The third kappa shape index (κ3) is 3.77. The number of benzene rings is 1. The Morgan fingerprint density at radius 1 is 1.46 bits per heavy atom. The Hall–Kier alpha value is -2.69. The van der Waals surface area contributed by atoms with Crippen molar-refractivity contribution in [3.05, 3.63) is 57.1 Å². The molecule has 0 aliphatic carbocycles. The summed E-state index contributed by atoms with van der Waals surface area (Å²) in [6.45, 7) is 4.31. The summed E-state index contributed by atoms with van der Waals surface area (Å²) in [6, 6.07) is 7.40. The Kier molecular flexibility index (Phi) is 5.35. The maximum Gasteiger partial charge on any atom is 0.271 e. The molecule has 3 rings (SSSR count). The van der Waals surface area contributed by atoms with Gasteiger partial charge in [-0.2, -0.15) is 10.4 Å². The summed E-state index contributed by atoms with van der Waals surface area (Å²) in [7, 11) is 0. The molecule has 0 saturated carbocycles. The minimum atomic E-state index is -0.194. The van der Waals surface area contributed by atoms with Gasteiger partial charge in [0.25, 0.3) is 5.91 Å². The van der Waals surface area contributed by atoms with E-state index in [1.54, 1.807) is 21.6 Å². The highest BCUT2D eigenvalue weighted by atomic mass is 35.5. The SMILES string of the molecule is Cc1c(-c2ccn(C[C@H](C)NC(=O)c3cscn3)n2)ccc(C#N)c1Cl. The Balaban J connectivity index is 1.71. The van der Waals surface area contributed by atoms with Crippen molar-refractivity contribution in [2.75, 3.05) is 0 Å². The van der Waals surface area contributed by atoms with E-state index in [4.69, 9.17) is 16.9 Å². The molecule has 1 aromatic carbocycles. The fourth-order valence-corrected chi connectivity index (χ4v) is 3.34. The minimum absolute atomic E-state index is 0.109. The van der Waals surface area contributed by atoms with E-state index in [1.807, 2.05) is 32.2 Å². The van der Waals surface area contributed by atoms with E-state index in [2.05, 4.69) is 21.5 Å². The molecule has 0 unspecified atom stereocenters. The van der Waals surface area contributed by atoms with Crippen molar-refractivity contribution in [2.45, 2.75) is 26.4 Å². The van der Waals surface area contributed by atoms with Gasteiger partial charge in [0.15, 0.2) is 0 Å². The van der Waals surface area contributed by atoms with E-state index in [9.17, 15) is 4.79 Å². The van der Waals surface area contributed by atoms with Crippen molar-refractivity contribution in [3.63, 3.8) is 0 Å². The number of nitrogens with one attached hydrogen (secondary N) is 1. The van der Waals surface area contributed by atoms with E-state index >= 15 is 0 Å². The molecule has 1 N–H and O–H groups in total. The van der Waals surface area contributed by atoms with Crippen LogP contribution in [0, 0.1) is 18.3 Å². The van der Waals surface area contributed by atoms with Crippen molar-refractivity contribution < 1.29 is 4.79 Å². The van der Waals surface area contributed by atoms with Gasteiger partial charge in [0.05, 0.1) is 28.3 Å². The highest BCUT2D eigenvalue weighted by molar-refractivity contribution is 7.07. The summed E-state index contributed by atoms with van der Waals surface area (Å²) in [4.78, 5) is 16.0. The highest BCUT2D eigenvalue weighted by Gasteiger charge is 2.14. The predicted octanol–water partition coefficient (Wildman–Crippen LogP) is 3.66. The van der Waals surface area contributed by atoms with Crippen LogP contribution < -0.4 is 5.32 Å². The molecular formula is C18H16ClN5OS. The second-order valence-electron chi connectivity index (χ2n) is 5.88. The smallest absolute Gasteiger partial charge is 0.271 e. The van der Waals surface area contributed by atoms with Crippen LogP contribution in [0.25, 0.3) is 11.3 Å². The molecule has 26 heavy (non-hydrogen) atoms. The van der Waals surface area contributed by atoms with Crippen LogP contribution in [0.2, 0.25) is 5.02 Å². The summed E-state index contributed by atoms with van der Waals surface area (Å²) in [5.41, 5.74) is 4.97. The Morgan fingerprint density at radius 2 is 2.27 bits per heavy atom. The van der Waals surface area contributed by atoms with Crippen LogP contribution in [0.1, 0.15) is 28.5 Å². The number of nitrogens with zero attached hydrogens (tertiary/aromatic N) is 4. The number of carbonyl (C=O) groups excluding carboxylic acids is 1. The Labute approximate surface area is 160 Å². The normalized spacial score (nSPS) is 11.8. The lowest BCUT2D eigenvalue weighted by molar-refractivity contribution is 0.0931. The first-order valence-electron chi connectivity index (χ1n) is 7.91. The van der Waals surface area contributed by atoms with Gasteiger partial charge in [-0.3, -0.25) is 9.48 Å². The molecule has 2 heterocycles. The van der Waals surface area contributed by atoms with Gasteiger partial charge in [-0.05, 0) is 31.5 Å². The van der Waals surface area contributed by atoms with E-state index in [0.29, 0.717) is 22.8 Å². The topological polar surface area (TPSA) is 83.6 Å². The number of carbonyl (C=O) groups is 1. The fourth-order valence-electron chi connectivity index (χ4n) is 2.60. The van der Waals surface area contributed by atoms with Gasteiger partial charge in [-0.1, -0.05) is 17.7 Å². The third-order valence-electron chi connectivity index (χ3n) is 3.93. The van der Waals surface area contributed by atoms with Crippen LogP contribution in [0.4, 0.5) is 0 Å². The largest absolute Gasteiger partial charge is 0.346 e. The molecule has 6 nitrogen and oxygen atoms in total. The lowest BCUT2D eigenvalue weighted by Crippen LogP contribution is -2.35. The molecule has 0 aliphatic heterocycles. The summed E-state index contributed by atoms with van der Waals surface area (Å²) >= 11 is 7.62. The van der Waals surface area contributed by atoms with Crippen molar-refractivity contribution in [2.24, 2.45) is 0 Å². The molecule has 1 atom stereocenters. The molecule has 132 valence electrons. The average Bonchev–Trinajstić information content (AvgIpc) is 3.29. The number of halogens is 1. The first-order chi connectivity index (χ1) is 12.5. The van der Waals surface area contributed by atoms with Crippen molar-refractivity contribution >= 4 is 28.8 Å². The van der Waals surface area contributed by atoms with E-state index in [1.165, 1.54) is 11.3 Å². The van der Waals surface area contributed by atoms with Gasteiger partial charge in [0, 0.05) is 23.2 Å². The minimum Gasteiger partial charge on any atom is -0.346 e. The lowest BCUT2D eigenvalue weighted by Gasteiger charge is -2.13. The monoisotopic (exact) mass is 385 g/mol. The molecule has 2 aromatic heterocycles. The van der Waals surface area contributed by atoms with E-state index < -0.39 is 0 Å². The number of nitriles is 1.